The predicted molar refractivity (Wildman–Crippen MR) is 72.4 cm³/mol. The number of hydrogen-bond acceptors (Lipinski definition) is 4. The van der Waals surface area contributed by atoms with Crippen LogP contribution in [-0.2, 0) is 4.74 Å². The van der Waals surface area contributed by atoms with Crippen LogP contribution < -0.4 is 5.73 Å². The van der Waals surface area contributed by atoms with Crippen LogP contribution in [0.15, 0.2) is 0 Å². The van der Waals surface area contributed by atoms with Crippen molar-refractivity contribution in [1.82, 2.24) is 4.90 Å². The minimum absolute atomic E-state index is 0.0642. The van der Waals surface area contributed by atoms with Gasteiger partial charge in [-0.25, -0.2) is 0 Å². The van der Waals surface area contributed by atoms with Gasteiger partial charge in [0.05, 0.1) is 19.3 Å². The summed E-state index contributed by atoms with van der Waals surface area (Å²) >= 11 is 0. The van der Waals surface area contributed by atoms with Crippen molar-refractivity contribution in [2.75, 3.05) is 19.8 Å². The number of nitrogens with zero attached hydrogens (tertiary/aromatic N) is 1. The quantitative estimate of drug-likeness (QED) is 0.769. The lowest BCUT2D eigenvalue weighted by atomic mass is 9.95. The van der Waals surface area contributed by atoms with Crippen molar-refractivity contribution >= 4 is 0 Å². The maximum atomic E-state index is 9.72. The zero-order valence-corrected chi connectivity index (χ0v) is 11.7. The van der Waals surface area contributed by atoms with Crippen LogP contribution in [0.3, 0.4) is 0 Å². The number of morpholine rings is 1. The average Bonchev–Trinajstić information content (AvgIpc) is 2.77. The van der Waals surface area contributed by atoms with Gasteiger partial charge < -0.3 is 15.6 Å². The number of hydrogen-bond donors (Lipinski definition) is 2. The van der Waals surface area contributed by atoms with Crippen LogP contribution in [0.25, 0.3) is 0 Å². The zero-order valence-electron chi connectivity index (χ0n) is 11.7. The van der Waals surface area contributed by atoms with Gasteiger partial charge in [-0.3, -0.25) is 4.90 Å². The topological polar surface area (TPSA) is 58.7 Å². The molecule has 0 aromatic rings. The third kappa shape index (κ3) is 3.05. The molecule has 0 spiro atoms. The largest absolute Gasteiger partial charge is 0.395 e. The third-order valence-electron chi connectivity index (χ3n) is 4.38. The lowest BCUT2D eigenvalue weighted by Gasteiger charge is -2.44. The summed E-state index contributed by atoms with van der Waals surface area (Å²) in [5, 5.41) is 9.72. The second-order valence-corrected chi connectivity index (χ2v) is 6.19. The maximum Gasteiger partial charge on any atom is 0.0731 e. The van der Waals surface area contributed by atoms with Gasteiger partial charge in [0.15, 0.2) is 0 Å². The summed E-state index contributed by atoms with van der Waals surface area (Å²) in [5.74, 6) is 0.578. The van der Waals surface area contributed by atoms with Gasteiger partial charge in [0.25, 0.3) is 0 Å². The van der Waals surface area contributed by atoms with Crippen molar-refractivity contribution in [3.8, 4) is 0 Å². The molecule has 4 heteroatoms. The highest BCUT2D eigenvalue weighted by Gasteiger charge is 2.40. The van der Waals surface area contributed by atoms with Crippen molar-refractivity contribution in [3.05, 3.63) is 0 Å². The summed E-state index contributed by atoms with van der Waals surface area (Å²) in [7, 11) is 0. The van der Waals surface area contributed by atoms with E-state index in [-0.39, 0.29) is 18.7 Å². The van der Waals surface area contributed by atoms with E-state index in [9.17, 15) is 5.11 Å². The van der Waals surface area contributed by atoms with E-state index < -0.39 is 0 Å². The molecule has 0 aromatic heterocycles. The Labute approximate surface area is 110 Å². The highest BCUT2D eigenvalue weighted by Crippen LogP contribution is 2.31. The molecule has 0 aromatic carbocycles. The number of nitrogens with two attached hydrogens (primary N) is 1. The van der Waals surface area contributed by atoms with Crippen molar-refractivity contribution in [2.24, 2.45) is 11.7 Å². The molecule has 2 rings (SSSR count). The van der Waals surface area contributed by atoms with Gasteiger partial charge in [-0.1, -0.05) is 13.8 Å². The lowest BCUT2D eigenvalue weighted by Crippen LogP contribution is -2.59. The van der Waals surface area contributed by atoms with Crippen LogP contribution in [0.2, 0.25) is 0 Å². The van der Waals surface area contributed by atoms with Crippen molar-refractivity contribution < 1.29 is 9.84 Å². The monoisotopic (exact) mass is 256 g/mol. The van der Waals surface area contributed by atoms with Gasteiger partial charge in [0.2, 0.25) is 0 Å². The molecule has 2 aliphatic rings. The Morgan fingerprint density at radius 1 is 1.39 bits per heavy atom. The van der Waals surface area contributed by atoms with Gasteiger partial charge in [-0.15, -0.1) is 0 Å². The molecule has 4 atom stereocenters. The number of fused-ring (bicyclic) bond motifs is 1. The van der Waals surface area contributed by atoms with E-state index in [4.69, 9.17) is 10.5 Å². The first-order valence-corrected chi connectivity index (χ1v) is 7.37. The van der Waals surface area contributed by atoms with Crippen LogP contribution in [0.5, 0.6) is 0 Å². The Morgan fingerprint density at radius 3 is 2.83 bits per heavy atom. The average molecular weight is 256 g/mol. The van der Waals surface area contributed by atoms with Crippen LogP contribution in [0, 0.1) is 5.92 Å². The Bertz CT molecular complexity index is 260. The van der Waals surface area contributed by atoms with Gasteiger partial charge in [-0.05, 0) is 31.6 Å². The first-order chi connectivity index (χ1) is 8.63. The van der Waals surface area contributed by atoms with E-state index >= 15 is 0 Å². The standard InChI is InChI=1S/C14H28N2O2/c1-10(2)8-11(15)13(9-17)16-6-7-18-14-5-3-4-12(14)16/h10-14,17H,3-9,15H2,1-2H3. The lowest BCUT2D eigenvalue weighted by molar-refractivity contribution is -0.0833. The number of aliphatic hydroxyl groups excluding tert-OH is 1. The Hall–Kier alpha value is -0.160. The van der Waals surface area contributed by atoms with Gasteiger partial charge in [0.1, 0.15) is 0 Å². The molecule has 0 amide bonds. The van der Waals surface area contributed by atoms with Crippen LogP contribution in [0.4, 0.5) is 0 Å². The maximum absolute atomic E-state index is 9.72. The SMILES string of the molecule is CC(C)CC(N)C(CO)N1CCOC2CCCC21. The molecule has 1 aliphatic heterocycles. The number of rotatable bonds is 5. The molecule has 2 fully saturated rings. The molecule has 4 unspecified atom stereocenters. The van der Waals surface area contributed by atoms with Crippen molar-refractivity contribution in [1.29, 1.82) is 0 Å². The van der Waals surface area contributed by atoms with Crippen LogP contribution >= 0.6 is 0 Å². The fourth-order valence-electron chi connectivity index (χ4n) is 3.55. The molecule has 1 heterocycles. The van der Waals surface area contributed by atoms with E-state index in [0.717, 1.165) is 19.6 Å². The fourth-order valence-corrected chi connectivity index (χ4v) is 3.55. The Morgan fingerprint density at radius 2 is 2.17 bits per heavy atom. The molecule has 1 saturated heterocycles. The smallest absolute Gasteiger partial charge is 0.0731 e. The molecule has 1 saturated carbocycles. The van der Waals surface area contributed by atoms with Gasteiger partial charge in [0, 0.05) is 24.7 Å². The van der Waals surface area contributed by atoms with E-state index in [1.54, 1.807) is 0 Å². The summed E-state index contributed by atoms with van der Waals surface area (Å²) in [6, 6.07) is 0.644. The summed E-state index contributed by atoms with van der Waals surface area (Å²) in [5.41, 5.74) is 6.30. The minimum Gasteiger partial charge on any atom is -0.395 e. The number of ether oxygens (including phenoxy) is 1. The Kier molecular flexibility index (Phi) is 5.01. The summed E-state index contributed by atoms with van der Waals surface area (Å²) < 4.78 is 5.82. The fraction of sp³-hybridized carbons (Fsp3) is 1.00. The summed E-state index contributed by atoms with van der Waals surface area (Å²) in [6.07, 6.45) is 4.94. The molecule has 1 aliphatic carbocycles. The zero-order chi connectivity index (χ0) is 13.1. The van der Waals surface area contributed by atoms with Crippen LogP contribution in [0.1, 0.15) is 39.5 Å². The molecule has 106 valence electrons. The number of aliphatic hydroxyl groups is 1. The summed E-state index contributed by atoms with van der Waals surface area (Å²) in [6.45, 7) is 6.24. The molecule has 3 N–H and O–H groups in total. The highest BCUT2D eigenvalue weighted by molar-refractivity contribution is 4.95. The van der Waals surface area contributed by atoms with Crippen molar-refractivity contribution in [3.63, 3.8) is 0 Å². The van der Waals surface area contributed by atoms with E-state index in [2.05, 4.69) is 18.7 Å². The third-order valence-corrected chi connectivity index (χ3v) is 4.38. The Balaban J connectivity index is 2.01. The highest BCUT2D eigenvalue weighted by atomic mass is 16.5. The molecule has 0 radical (unpaired) electrons. The van der Waals surface area contributed by atoms with E-state index in [1.807, 2.05) is 0 Å². The minimum atomic E-state index is 0.0642. The molecular weight excluding hydrogens is 228 g/mol. The summed E-state index contributed by atoms with van der Waals surface area (Å²) in [4.78, 5) is 2.42. The second-order valence-electron chi connectivity index (χ2n) is 6.19. The van der Waals surface area contributed by atoms with Crippen LogP contribution in [-0.4, -0.2) is 54.0 Å². The van der Waals surface area contributed by atoms with Crippen molar-refractivity contribution in [2.45, 2.75) is 63.8 Å². The molecule has 18 heavy (non-hydrogen) atoms. The second kappa shape index (κ2) is 6.33. The molecule has 4 nitrogen and oxygen atoms in total. The first-order valence-electron chi connectivity index (χ1n) is 7.37. The first kappa shape index (κ1) is 14.3. The van der Waals surface area contributed by atoms with E-state index in [0.29, 0.717) is 18.1 Å². The van der Waals surface area contributed by atoms with Gasteiger partial charge >= 0.3 is 0 Å². The van der Waals surface area contributed by atoms with E-state index in [1.165, 1.54) is 19.3 Å². The molecular formula is C14H28N2O2. The predicted octanol–water partition coefficient (Wildman–Crippen LogP) is 0.974. The molecule has 0 bridgehead atoms. The van der Waals surface area contributed by atoms with Gasteiger partial charge in [-0.2, -0.15) is 0 Å². The normalized spacial score (nSPS) is 32.5.